The molecule has 2 atom stereocenters. The van der Waals surface area contributed by atoms with Crippen LogP contribution in [0.25, 0.3) is 0 Å². The number of likely N-dealkylation sites (N-methyl/N-ethyl adjacent to an activating group) is 1. The topological polar surface area (TPSA) is 21.3 Å². The van der Waals surface area contributed by atoms with Crippen LogP contribution in [0.4, 0.5) is 4.39 Å². The summed E-state index contributed by atoms with van der Waals surface area (Å²) < 4.78 is 19.6. The van der Waals surface area contributed by atoms with E-state index < -0.39 is 0 Å². The number of hydrogen-bond donors (Lipinski definition) is 1. The van der Waals surface area contributed by atoms with Gasteiger partial charge in [0.1, 0.15) is 5.82 Å². The van der Waals surface area contributed by atoms with Crippen LogP contribution >= 0.6 is 11.6 Å². The molecule has 0 spiro atoms. The smallest absolute Gasteiger partial charge is 0.127 e. The van der Waals surface area contributed by atoms with Gasteiger partial charge >= 0.3 is 0 Å². The van der Waals surface area contributed by atoms with Gasteiger partial charge in [-0.3, -0.25) is 0 Å². The maximum Gasteiger partial charge on any atom is 0.127 e. The molecule has 0 heterocycles. The number of halogens is 2. The Labute approximate surface area is 120 Å². The van der Waals surface area contributed by atoms with Crippen molar-refractivity contribution in [3.8, 4) is 0 Å². The molecule has 108 valence electrons. The number of hydrogen-bond acceptors (Lipinski definition) is 2. The first-order chi connectivity index (χ1) is 9.01. The molecule has 4 heteroatoms. The highest BCUT2D eigenvalue weighted by atomic mass is 35.5. The number of benzene rings is 1. The quantitative estimate of drug-likeness (QED) is 0.826. The molecule has 0 radical (unpaired) electrons. The summed E-state index contributed by atoms with van der Waals surface area (Å²) in [6.07, 6.45) is 0.552. The zero-order chi connectivity index (χ0) is 14.4. The summed E-state index contributed by atoms with van der Waals surface area (Å²) in [5.41, 5.74) is 0.550. The SMILES string of the molecule is CCOC(C(C)C)C(Cc1c(F)cccc1Cl)NC. The van der Waals surface area contributed by atoms with Crippen molar-refractivity contribution < 1.29 is 9.13 Å². The van der Waals surface area contributed by atoms with Crippen molar-refractivity contribution in [2.75, 3.05) is 13.7 Å². The summed E-state index contributed by atoms with van der Waals surface area (Å²) in [6, 6.07) is 4.82. The molecule has 0 fully saturated rings. The van der Waals surface area contributed by atoms with Crippen molar-refractivity contribution >= 4 is 11.6 Å². The van der Waals surface area contributed by atoms with Crippen LogP contribution in [-0.4, -0.2) is 25.8 Å². The summed E-state index contributed by atoms with van der Waals surface area (Å²) in [4.78, 5) is 0. The number of rotatable bonds is 7. The Morgan fingerprint density at radius 1 is 1.37 bits per heavy atom. The van der Waals surface area contributed by atoms with Crippen molar-refractivity contribution in [3.05, 3.63) is 34.6 Å². The largest absolute Gasteiger partial charge is 0.377 e. The van der Waals surface area contributed by atoms with Gasteiger partial charge in [-0.2, -0.15) is 0 Å². The van der Waals surface area contributed by atoms with E-state index >= 15 is 0 Å². The summed E-state index contributed by atoms with van der Waals surface area (Å²) in [6.45, 7) is 6.82. The molecule has 2 unspecified atom stereocenters. The Hall–Kier alpha value is -0.640. The highest BCUT2D eigenvalue weighted by Crippen LogP contribution is 2.23. The standard InChI is InChI=1S/C15H23ClFNO/c1-5-19-15(10(2)3)14(18-4)9-11-12(16)7-6-8-13(11)17/h6-8,10,14-15,18H,5,9H2,1-4H3. The van der Waals surface area contributed by atoms with Crippen LogP contribution in [0, 0.1) is 11.7 Å². The van der Waals surface area contributed by atoms with Crippen molar-refractivity contribution in [1.29, 1.82) is 0 Å². The summed E-state index contributed by atoms with van der Waals surface area (Å²) >= 11 is 6.08. The van der Waals surface area contributed by atoms with Crippen molar-refractivity contribution in [1.82, 2.24) is 5.32 Å². The summed E-state index contributed by atoms with van der Waals surface area (Å²) in [5.74, 6) is 0.0923. The van der Waals surface area contributed by atoms with Crippen LogP contribution in [-0.2, 0) is 11.2 Å². The second kappa shape index (κ2) is 7.83. The fourth-order valence-electron chi connectivity index (χ4n) is 2.30. The highest BCUT2D eigenvalue weighted by Gasteiger charge is 2.25. The van der Waals surface area contributed by atoms with Crippen molar-refractivity contribution in [3.63, 3.8) is 0 Å². The van der Waals surface area contributed by atoms with E-state index in [4.69, 9.17) is 16.3 Å². The molecular weight excluding hydrogens is 265 g/mol. The number of ether oxygens (including phenoxy) is 1. The molecule has 1 aromatic rings. The van der Waals surface area contributed by atoms with E-state index in [1.165, 1.54) is 6.07 Å². The molecule has 0 aromatic heterocycles. The molecule has 0 aliphatic heterocycles. The minimum absolute atomic E-state index is 0.0330. The van der Waals surface area contributed by atoms with Gasteiger partial charge in [0.05, 0.1) is 6.10 Å². The van der Waals surface area contributed by atoms with Crippen LogP contribution in [0.5, 0.6) is 0 Å². The van der Waals surface area contributed by atoms with Gasteiger partial charge in [-0.05, 0) is 38.4 Å². The van der Waals surface area contributed by atoms with Gasteiger partial charge in [-0.1, -0.05) is 31.5 Å². The monoisotopic (exact) mass is 287 g/mol. The second-order valence-electron chi connectivity index (χ2n) is 4.96. The first-order valence-corrected chi connectivity index (χ1v) is 7.10. The molecule has 0 saturated heterocycles. The van der Waals surface area contributed by atoms with Crippen LogP contribution in [0.1, 0.15) is 26.3 Å². The fraction of sp³-hybridized carbons (Fsp3) is 0.600. The van der Waals surface area contributed by atoms with Gasteiger partial charge in [0.2, 0.25) is 0 Å². The van der Waals surface area contributed by atoms with Gasteiger partial charge in [0.15, 0.2) is 0 Å². The Balaban J connectivity index is 2.91. The third-order valence-corrected chi connectivity index (χ3v) is 3.62. The normalized spacial score (nSPS) is 14.7. The fourth-order valence-corrected chi connectivity index (χ4v) is 2.54. The van der Waals surface area contributed by atoms with Gasteiger partial charge < -0.3 is 10.1 Å². The lowest BCUT2D eigenvalue weighted by Crippen LogP contribution is -2.44. The third-order valence-electron chi connectivity index (χ3n) is 3.27. The predicted molar refractivity (Wildman–Crippen MR) is 78.2 cm³/mol. The predicted octanol–water partition coefficient (Wildman–Crippen LogP) is 3.67. The van der Waals surface area contributed by atoms with Crippen LogP contribution in [0.3, 0.4) is 0 Å². The van der Waals surface area contributed by atoms with Crippen LogP contribution in [0.2, 0.25) is 5.02 Å². The van der Waals surface area contributed by atoms with Crippen LogP contribution < -0.4 is 5.32 Å². The van der Waals surface area contributed by atoms with E-state index in [1.807, 2.05) is 14.0 Å². The van der Waals surface area contributed by atoms with Gasteiger partial charge in [-0.15, -0.1) is 0 Å². The van der Waals surface area contributed by atoms with Crippen molar-refractivity contribution in [2.45, 2.75) is 39.3 Å². The lowest BCUT2D eigenvalue weighted by atomic mass is 9.93. The lowest BCUT2D eigenvalue weighted by Gasteiger charge is -2.30. The first-order valence-electron chi connectivity index (χ1n) is 6.73. The minimum Gasteiger partial charge on any atom is -0.377 e. The second-order valence-corrected chi connectivity index (χ2v) is 5.37. The van der Waals surface area contributed by atoms with Crippen molar-refractivity contribution in [2.24, 2.45) is 5.92 Å². The van der Waals surface area contributed by atoms with E-state index in [-0.39, 0.29) is 18.0 Å². The Morgan fingerprint density at radius 3 is 2.53 bits per heavy atom. The maximum absolute atomic E-state index is 13.8. The van der Waals surface area contributed by atoms with Gasteiger partial charge in [0.25, 0.3) is 0 Å². The van der Waals surface area contributed by atoms with E-state index in [9.17, 15) is 4.39 Å². The van der Waals surface area contributed by atoms with E-state index in [0.717, 1.165) is 0 Å². The zero-order valence-corrected chi connectivity index (χ0v) is 12.8. The van der Waals surface area contributed by atoms with E-state index in [1.54, 1.807) is 12.1 Å². The molecule has 0 saturated carbocycles. The average molecular weight is 288 g/mol. The van der Waals surface area contributed by atoms with Crippen LogP contribution in [0.15, 0.2) is 18.2 Å². The molecule has 19 heavy (non-hydrogen) atoms. The molecular formula is C15H23ClFNO. The average Bonchev–Trinajstić information content (AvgIpc) is 2.36. The Kier molecular flexibility index (Phi) is 6.76. The summed E-state index contributed by atoms with van der Waals surface area (Å²) in [7, 11) is 1.87. The maximum atomic E-state index is 13.8. The third kappa shape index (κ3) is 4.44. The molecule has 2 nitrogen and oxygen atoms in total. The molecule has 0 aliphatic rings. The number of nitrogens with one attached hydrogen (secondary N) is 1. The Bertz CT molecular complexity index is 377. The van der Waals surface area contributed by atoms with Gasteiger partial charge in [-0.25, -0.2) is 4.39 Å². The Morgan fingerprint density at radius 2 is 2.05 bits per heavy atom. The molecule has 1 rings (SSSR count). The molecule has 0 aliphatic carbocycles. The molecule has 1 aromatic carbocycles. The summed E-state index contributed by atoms with van der Waals surface area (Å²) in [5, 5.41) is 3.69. The molecule has 0 bridgehead atoms. The lowest BCUT2D eigenvalue weighted by molar-refractivity contribution is 0.00520. The van der Waals surface area contributed by atoms with E-state index in [0.29, 0.717) is 29.5 Å². The first kappa shape index (κ1) is 16.4. The zero-order valence-electron chi connectivity index (χ0n) is 12.0. The molecule has 1 N–H and O–H groups in total. The molecule has 0 amide bonds. The highest BCUT2D eigenvalue weighted by molar-refractivity contribution is 6.31. The minimum atomic E-state index is -0.258. The van der Waals surface area contributed by atoms with E-state index in [2.05, 4.69) is 19.2 Å². The van der Waals surface area contributed by atoms with Gasteiger partial charge in [0, 0.05) is 23.2 Å².